The van der Waals surface area contributed by atoms with Crippen molar-refractivity contribution in [2.24, 2.45) is 0 Å². The summed E-state index contributed by atoms with van der Waals surface area (Å²) >= 11 is 0.902. The first kappa shape index (κ1) is 30.0. The molecule has 0 amide bonds. The van der Waals surface area contributed by atoms with E-state index < -0.39 is 10.6 Å². The number of hydrogen-bond acceptors (Lipinski definition) is 0. The number of hydrogen-bond donors (Lipinski definition) is 0. The van der Waals surface area contributed by atoms with Crippen LogP contribution in [-0.4, -0.2) is 55.7 Å². The Labute approximate surface area is 205 Å². The maximum absolute atomic E-state index is 4.24. The molecule has 0 spiro atoms. The molecular formula is C20H30Au2P2Se2-4. The van der Waals surface area contributed by atoms with E-state index in [0.717, 1.165) is 0 Å². The third-order valence-electron chi connectivity index (χ3n) is 2.32. The van der Waals surface area contributed by atoms with Crippen LogP contribution >= 0.6 is 10.6 Å². The van der Waals surface area contributed by atoms with Gasteiger partial charge >= 0.3 is 163 Å². The molecule has 0 N–H and O–H groups in total. The molecule has 26 heavy (non-hydrogen) atoms. The van der Waals surface area contributed by atoms with Crippen molar-refractivity contribution in [2.45, 2.75) is 0 Å². The Balaban J connectivity index is 0. The topological polar surface area (TPSA) is 0 Å². The predicted octanol–water partition coefficient (Wildman–Crippen LogP) is 4.65. The van der Waals surface area contributed by atoms with Crippen molar-refractivity contribution in [1.29, 1.82) is 0 Å². The summed E-state index contributed by atoms with van der Waals surface area (Å²) in [5, 5.41) is -3.58. The Morgan fingerprint density at radius 3 is 0.962 bits per heavy atom. The first-order valence-electron chi connectivity index (χ1n) is 7.65. The molecule has 0 heterocycles. The average molecular weight is 884 g/mol. The van der Waals surface area contributed by atoms with Gasteiger partial charge in [0.05, 0.1) is 0 Å². The fourth-order valence-electron chi connectivity index (χ4n) is 1.68. The second-order valence-corrected chi connectivity index (χ2v) is 38.5. The molecule has 0 aliphatic heterocycles. The van der Waals surface area contributed by atoms with Crippen molar-refractivity contribution >= 4 is 48.5 Å². The Bertz CT molecular complexity index is 568. The third-order valence-corrected chi connectivity index (χ3v) is 15.6. The summed E-state index contributed by atoms with van der Waals surface area (Å²) in [6.45, 7) is 25.9. The molecule has 0 aliphatic rings. The molecule has 2 aromatic carbocycles. The van der Waals surface area contributed by atoms with Crippen LogP contribution in [0.15, 0.2) is 60.7 Å². The molecule has 0 fully saturated rings. The van der Waals surface area contributed by atoms with E-state index in [9.17, 15) is 0 Å². The van der Waals surface area contributed by atoms with E-state index in [0.29, 0.717) is 29.0 Å². The van der Waals surface area contributed by atoms with Gasteiger partial charge in [-0.05, 0) is 0 Å². The fraction of sp³-hybridized carbons (Fsp3) is 0.200. The van der Waals surface area contributed by atoms with Crippen LogP contribution in [0, 0.1) is 26.7 Å². The summed E-state index contributed by atoms with van der Waals surface area (Å²) in [4.78, 5) is 0. The van der Waals surface area contributed by atoms with Crippen molar-refractivity contribution < 1.29 is 44.8 Å². The predicted molar refractivity (Wildman–Crippen MR) is 123 cm³/mol. The monoisotopic (exact) mass is 886 g/mol. The Morgan fingerprint density at radius 2 is 0.769 bits per heavy atom. The van der Waals surface area contributed by atoms with E-state index in [1.54, 1.807) is 0 Å². The molecule has 0 aromatic heterocycles. The van der Waals surface area contributed by atoms with E-state index in [4.69, 9.17) is 0 Å². The number of benzene rings is 2. The van der Waals surface area contributed by atoms with Gasteiger partial charge in [-0.1, -0.05) is 0 Å². The van der Waals surface area contributed by atoms with Crippen LogP contribution in [-0.2, 0) is 44.8 Å². The van der Waals surface area contributed by atoms with Crippen LogP contribution in [0.25, 0.3) is 0 Å². The molecule has 0 saturated heterocycles. The van der Waals surface area contributed by atoms with Crippen LogP contribution in [0.2, 0.25) is 0 Å². The van der Waals surface area contributed by atoms with Gasteiger partial charge in [0.1, 0.15) is 0 Å². The zero-order valence-corrected chi connectivity index (χ0v) is 25.5. The fourth-order valence-corrected chi connectivity index (χ4v) is 14.6. The average Bonchev–Trinajstić information content (AvgIpc) is 2.36. The molecule has 6 heteroatoms. The second-order valence-electron chi connectivity index (χ2n) is 7.93. The van der Waals surface area contributed by atoms with Gasteiger partial charge in [0.2, 0.25) is 0 Å². The van der Waals surface area contributed by atoms with Crippen LogP contribution < -0.4 is 8.92 Å². The molecule has 0 bridgehead atoms. The summed E-state index contributed by atoms with van der Waals surface area (Å²) < 4.78 is 2.83. The van der Waals surface area contributed by atoms with Gasteiger partial charge in [0, 0.05) is 44.8 Å². The van der Waals surface area contributed by atoms with Crippen LogP contribution in [0.1, 0.15) is 0 Å². The summed E-state index contributed by atoms with van der Waals surface area (Å²) in [5.74, 6) is 0. The quantitative estimate of drug-likeness (QED) is 0.239. The summed E-state index contributed by atoms with van der Waals surface area (Å²) in [6.07, 6.45) is 0. The van der Waals surface area contributed by atoms with Gasteiger partial charge in [-0.2, -0.15) is 0 Å². The van der Waals surface area contributed by atoms with Gasteiger partial charge in [-0.25, -0.2) is 0 Å². The van der Waals surface area contributed by atoms with Gasteiger partial charge < -0.3 is 0 Å². The SMILES string of the molecule is [Au].[Au].[CH2-]P([CH2-])(C)(C)[Se]c1ccccc1.[CH2-]P([CH2-])(C)(C)[Se]c1ccccc1. The van der Waals surface area contributed by atoms with Crippen molar-refractivity contribution in [3.63, 3.8) is 0 Å². The zero-order valence-electron chi connectivity index (χ0n) is 15.9. The van der Waals surface area contributed by atoms with Gasteiger partial charge in [-0.3, -0.25) is 0 Å². The zero-order chi connectivity index (χ0) is 18.5. The van der Waals surface area contributed by atoms with Crippen molar-refractivity contribution in [1.82, 2.24) is 0 Å². The van der Waals surface area contributed by atoms with Crippen molar-refractivity contribution in [3.05, 3.63) is 87.3 Å². The van der Waals surface area contributed by atoms with Crippen LogP contribution in [0.3, 0.4) is 0 Å². The van der Waals surface area contributed by atoms with Crippen molar-refractivity contribution in [3.8, 4) is 0 Å². The van der Waals surface area contributed by atoms with E-state index in [1.165, 1.54) is 8.92 Å². The van der Waals surface area contributed by atoms with Crippen molar-refractivity contribution in [2.75, 3.05) is 26.7 Å². The molecule has 2 aromatic rings. The molecule has 2 radical (unpaired) electrons. The van der Waals surface area contributed by atoms with Gasteiger partial charge in [0.15, 0.2) is 0 Å². The van der Waals surface area contributed by atoms with E-state index >= 15 is 0 Å². The summed E-state index contributed by atoms with van der Waals surface area (Å²) in [6, 6.07) is 21.1. The van der Waals surface area contributed by atoms with Gasteiger partial charge in [-0.15, -0.1) is 0 Å². The van der Waals surface area contributed by atoms with E-state index in [-0.39, 0.29) is 44.8 Å². The van der Waals surface area contributed by atoms with Gasteiger partial charge in [0.25, 0.3) is 0 Å². The minimum absolute atomic E-state index is 0. The van der Waals surface area contributed by atoms with Crippen LogP contribution in [0.5, 0.6) is 0 Å². The molecular weight excluding hydrogens is 854 g/mol. The Hall–Kier alpha value is 1.82. The van der Waals surface area contributed by atoms with Crippen LogP contribution in [0.4, 0.5) is 0 Å². The standard InChI is InChI=1S/2C10H15PSe.2Au/c2*1-11(2,3,4)12-10-8-6-5-7-9-10;;/h2*5-9H,1-2H2,3-4H3;;/q2*-2;;. The molecule has 0 saturated carbocycles. The molecule has 0 atom stereocenters. The van der Waals surface area contributed by atoms with E-state index in [1.807, 2.05) is 12.1 Å². The molecule has 2 rings (SSSR count). The normalized spacial score (nSPS) is 14.0. The first-order chi connectivity index (χ1) is 10.7. The molecule has 0 nitrogen and oxygen atoms in total. The third kappa shape index (κ3) is 17.9. The second kappa shape index (κ2) is 11.3. The molecule has 0 aliphatic carbocycles. The molecule has 158 valence electrons. The van der Waals surface area contributed by atoms with E-state index in [2.05, 4.69) is 102 Å². The summed E-state index contributed by atoms with van der Waals surface area (Å²) in [5.41, 5.74) is 0. The Kier molecular flexibility index (Phi) is 13.0. The molecule has 0 unspecified atom stereocenters. The minimum atomic E-state index is -1.79. The Morgan fingerprint density at radius 1 is 0.538 bits per heavy atom. The number of rotatable bonds is 4. The first-order valence-corrected chi connectivity index (χ1v) is 20.8. The maximum atomic E-state index is 4.24. The summed E-state index contributed by atoms with van der Waals surface area (Å²) in [7, 11) is 0.